The number of thioether (sulfide) groups is 1. The van der Waals surface area contributed by atoms with E-state index in [1.165, 1.54) is 23.1 Å². The van der Waals surface area contributed by atoms with Gasteiger partial charge in [-0.15, -0.1) is 0 Å². The van der Waals surface area contributed by atoms with Gasteiger partial charge >= 0.3 is 0 Å². The molecule has 1 aromatic heterocycles. The average molecular weight is 368 g/mol. The molecule has 6 heteroatoms. The SMILES string of the molecule is O=C1C(=Cc2cc[s+]c(Cl)c2)C(O)=C1C=C1C=CSC(Cl)=C1. The van der Waals surface area contributed by atoms with Gasteiger partial charge in [0.1, 0.15) is 5.76 Å². The maximum atomic E-state index is 12.2. The van der Waals surface area contributed by atoms with Crippen molar-refractivity contribution in [2.75, 3.05) is 0 Å². The molecule has 110 valence electrons. The molecule has 2 nitrogen and oxygen atoms in total. The van der Waals surface area contributed by atoms with Crippen molar-refractivity contribution >= 4 is 58.2 Å². The van der Waals surface area contributed by atoms with E-state index in [-0.39, 0.29) is 11.5 Å². The number of aliphatic hydroxyl groups excluding tert-OH is 1. The molecule has 0 aromatic carbocycles. The number of carbonyl (C=O) groups excluding carboxylic acids is 1. The first kappa shape index (κ1) is 15.6. The maximum Gasteiger partial charge on any atom is 0.298 e. The van der Waals surface area contributed by atoms with Gasteiger partial charge in [-0.25, -0.2) is 0 Å². The third kappa shape index (κ3) is 3.20. The van der Waals surface area contributed by atoms with E-state index in [0.29, 0.717) is 19.8 Å². The van der Waals surface area contributed by atoms with Crippen LogP contribution in [0.1, 0.15) is 5.56 Å². The van der Waals surface area contributed by atoms with E-state index in [1.54, 1.807) is 24.3 Å². The van der Waals surface area contributed by atoms with E-state index < -0.39 is 0 Å². The summed E-state index contributed by atoms with van der Waals surface area (Å²) in [7, 11) is 0. The highest BCUT2D eigenvalue weighted by Gasteiger charge is 2.32. The lowest BCUT2D eigenvalue weighted by Gasteiger charge is -2.19. The number of allylic oxidation sites excluding steroid dienone is 6. The summed E-state index contributed by atoms with van der Waals surface area (Å²) in [5.41, 5.74) is 2.15. The molecule has 0 saturated heterocycles. The van der Waals surface area contributed by atoms with Crippen LogP contribution >= 0.6 is 46.3 Å². The Bertz CT molecular complexity index is 817. The van der Waals surface area contributed by atoms with Crippen molar-refractivity contribution in [3.8, 4) is 0 Å². The van der Waals surface area contributed by atoms with Crippen molar-refractivity contribution in [3.05, 3.63) is 77.9 Å². The first-order valence-corrected chi connectivity index (χ1v) is 8.75. The summed E-state index contributed by atoms with van der Waals surface area (Å²) >= 11 is 14.6. The second kappa shape index (κ2) is 6.42. The summed E-state index contributed by atoms with van der Waals surface area (Å²) in [4.78, 5) is 12.2. The molecule has 0 radical (unpaired) electrons. The highest BCUT2D eigenvalue weighted by molar-refractivity contribution is 8.07. The third-order valence-corrected chi connectivity index (χ3v) is 5.05. The van der Waals surface area contributed by atoms with Crippen LogP contribution in [-0.4, -0.2) is 10.9 Å². The zero-order chi connectivity index (χ0) is 15.7. The Morgan fingerprint density at radius 2 is 2.09 bits per heavy atom. The minimum absolute atomic E-state index is 0.00250. The topological polar surface area (TPSA) is 37.3 Å². The van der Waals surface area contributed by atoms with Crippen LogP contribution in [0.15, 0.2) is 68.0 Å². The van der Waals surface area contributed by atoms with Gasteiger partial charge in [-0.05, 0) is 52.4 Å². The fourth-order valence-electron chi connectivity index (χ4n) is 2.00. The molecule has 22 heavy (non-hydrogen) atoms. The predicted octanol–water partition coefficient (Wildman–Crippen LogP) is 5.73. The summed E-state index contributed by atoms with van der Waals surface area (Å²) in [6, 6.07) is 3.59. The first-order valence-electron chi connectivity index (χ1n) is 6.24. The van der Waals surface area contributed by atoms with Gasteiger partial charge in [-0.2, -0.15) is 0 Å². The Morgan fingerprint density at radius 3 is 2.77 bits per heavy atom. The molecule has 0 atom stereocenters. The van der Waals surface area contributed by atoms with Crippen molar-refractivity contribution in [1.29, 1.82) is 0 Å². The summed E-state index contributed by atoms with van der Waals surface area (Å²) in [5, 5.41) is 13.8. The van der Waals surface area contributed by atoms with E-state index in [4.69, 9.17) is 23.2 Å². The van der Waals surface area contributed by atoms with Crippen molar-refractivity contribution < 1.29 is 9.90 Å². The highest BCUT2D eigenvalue weighted by atomic mass is 35.5. The van der Waals surface area contributed by atoms with Crippen LogP contribution in [0.2, 0.25) is 4.34 Å². The van der Waals surface area contributed by atoms with Crippen molar-refractivity contribution in [3.63, 3.8) is 0 Å². The molecule has 0 spiro atoms. The second-order valence-electron chi connectivity index (χ2n) is 4.53. The molecule has 2 aliphatic rings. The lowest BCUT2D eigenvalue weighted by atomic mass is 9.85. The Morgan fingerprint density at radius 1 is 1.27 bits per heavy atom. The molecule has 1 aliphatic carbocycles. The van der Waals surface area contributed by atoms with Crippen LogP contribution in [-0.2, 0) is 4.79 Å². The molecule has 0 saturated carbocycles. The smallest absolute Gasteiger partial charge is 0.298 e. The van der Waals surface area contributed by atoms with Gasteiger partial charge in [0.05, 0.1) is 15.5 Å². The van der Waals surface area contributed by atoms with E-state index in [0.717, 1.165) is 11.1 Å². The number of hydrogen-bond acceptors (Lipinski definition) is 3. The number of carbonyl (C=O) groups is 1. The van der Waals surface area contributed by atoms with Gasteiger partial charge < -0.3 is 5.11 Å². The standard InChI is InChI=1S/C16H8Cl2O2S2/c17-13-7-9(1-3-21-13)5-11-15(19)12(16(11)20)6-10-2-4-22-14(18)8-10/h1-8H/p+1. The largest absolute Gasteiger partial charge is 0.506 e. The molecule has 1 N–H and O–H groups in total. The van der Waals surface area contributed by atoms with Gasteiger partial charge in [-0.3, -0.25) is 4.79 Å². The van der Waals surface area contributed by atoms with Crippen LogP contribution in [0, 0.1) is 0 Å². The molecule has 1 aliphatic heterocycles. The average Bonchev–Trinajstić information content (AvgIpc) is 2.50. The monoisotopic (exact) mass is 367 g/mol. The number of ketones is 1. The molecule has 0 fully saturated rings. The van der Waals surface area contributed by atoms with Crippen LogP contribution in [0.4, 0.5) is 0 Å². The number of hydrogen-bond donors (Lipinski definition) is 1. The summed E-state index contributed by atoms with van der Waals surface area (Å²) < 4.78 is 1.24. The second-order valence-corrected chi connectivity index (χ2v) is 7.69. The fourth-order valence-corrected chi connectivity index (χ4v) is 3.68. The Labute approximate surface area is 145 Å². The van der Waals surface area contributed by atoms with Crippen LogP contribution < -0.4 is 0 Å². The predicted molar refractivity (Wildman–Crippen MR) is 95.1 cm³/mol. The highest BCUT2D eigenvalue weighted by Crippen LogP contribution is 2.34. The number of halogens is 2. The quantitative estimate of drug-likeness (QED) is 0.535. The van der Waals surface area contributed by atoms with Gasteiger partial charge in [0.25, 0.3) is 4.34 Å². The number of rotatable bonds is 2. The van der Waals surface area contributed by atoms with E-state index in [2.05, 4.69) is 0 Å². The van der Waals surface area contributed by atoms with Crippen molar-refractivity contribution in [2.24, 2.45) is 0 Å². The van der Waals surface area contributed by atoms with Crippen LogP contribution in [0.25, 0.3) is 6.08 Å². The lowest BCUT2D eigenvalue weighted by molar-refractivity contribution is -0.113. The zero-order valence-electron chi connectivity index (χ0n) is 11.0. The fraction of sp³-hybridized carbons (Fsp3) is 0. The Kier molecular flexibility index (Phi) is 4.54. The van der Waals surface area contributed by atoms with E-state index in [9.17, 15) is 9.90 Å². The van der Waals surface area contributed by atoms with Crippen molar-refractivity contribution in [1.82, 2.24) is 0 Å². The van der Waals surface area contributed by atoms with E-state index in [1.807, 2.05) is 22.9 Å². The number of aliphatic hydroxyl groups is 1. The van der Waals surface area contributed by atoms with Gasteiger partial charge in [0.15, 0.2) is 5.38 Å². The molecular weight excluding hydrogens is 359 g/mol. The zero-order valence-corrected chi connectivity index (χ0v) is 14.2. The minimum atomic E-state index is -0.190. The summed E-state index contributed by atoms with van der Waals surface area (Å²) in [6.07, 6.45) is 6.85. The van der Waals surface area contributed by atoms with Gasteiger partial charge in [0.2, 0.25) is 17.1 Å². The molecule has 0 amide bonds. The molecule has 3 rings (SSSR count). The Hall–Kier alpha value is -1.33. The number of Topliss-reactive ketones (excluding diaryl/α,β-unsaturated/α-hetero) is 1. The maximum absolute atomic E-state index is 12.2. The lowest BCUT2D eigenvalue weighted by Crippen LogP contribution is -2.21. The first-order chi connectivity index (χ1) is 10.5. The summed E-state index contributed by atoms with van der Waals surface area (Å²) in [5.74, 6) is -0.193. The Balaban J connectivity index is 1.91. The van der Waals surface area contributed by atoms with E-state index >= 15 is 0 Å². The molecule has 0 unspecified atom stereocenters. The van der Waals surface area contributed by atoms with Crippen LogP contribution in [0.3, 0.4) is 0 Å². The van der Waals surface area contributed by atoms with Crippen LogP contribution in [0.5, 0.6) is 0 Å². The van der Waals surface area contributed by atoms with Crippen molar-refractivity contribution in [2.45, 2.75) is 0 Å². The molecule has 0 bridgehead atoms. The van der Waals surface area contributed by atoms with Gasteiger partial charge in [-0.1, -0.05) is 23.4 Å². The minimum Gasteiger partial charge on any atom is -0.506 e. The van der Waals surface area contributed by atoms with Gasteiger partial charge in [0, 0.05) is 12.1 Å². The molecule has 2 heterocycles. The summed E-state index contributed by atoms with van der Waals surface area (Å²) in [6.45, 7) is 0. The molecular formula is C16H9Cl2O2S2+. The normalized spacial score (nSPS) is 21.4. The third-order valence-electron chi connectivity index (χ3n) is 3.06. The molecule has 1 aromatic rings.